The molecule has 0 saturated heterocycles. The lowest BCUT2D eigenvalue weighted by atomic mass is 10.1. The summed E-state index contributed by atoms with van der Waals surface area (Å²) >= 11 is 0. The minimum Gasteiger partial charge on any atom is -0.279 e. The number of hydrazone groups is 1. The standard InChI is InChI=1S/C23H22N6O4S2/c1-16-2-4-17(5-3-16)23-18(14-26-27-19-6-10-21(11-7-19)34(24,30)31)15-29(28-23)20-8-12-22(13-9-20)35(25,32)33/h2-15,27H,1H3,(H2,24,30,31)(H2,25,32,33)/b26-14-. The number of nitrogens with one attached hydrogen (secondary N) is 1. The average molecular weight is 511 g/mol. The van der Waals surface area contributed by atoms with Crippen LogP contribution in [0.15, 0.2) is 93.9 Å². The molecule has 0 aliphatic carbocycles. The van der Waals surface area contributed by atoms with Gasteiger partial charge in [-0.15, -0.1) is 0 Å². The number of benzene rings is 3. The molecule has 0 aliphatic heterocycles. The van der Waals surface area contributed by atoms with Gasteiger partial charge in [0.1, 0.15) is 5.69 Å². The van der Waals surface area contributed by atoms with E-state index in [0.717, 1.165) is 11.1 Å². The molecule has 0 bridgehead atoms. The largest absolute Gasteiger partial charge is 0.279 e. The number of nitrogens with zero attached hydrogens (tertiary/aromatic N) is 3. The number of anilines is 1. The molecular formula is C23H22N6O4S2. The highest BCUT2D eigenvalue weighted by Crippen LogP contribution is 2.24. The van der Waals surface area contributed by atoms with Crippen LogP contribution in [0.4, 0.5) is 5.69 Å². The lowest BCUT2D eigenvalue weighted by Crippen LogP contribution is -2.12. The molecule has 10 nitrogen and oxygen atoms in total. The van der Waals surface area contributed by atoms with Gasteiger partial charge in [0.2, 0.25) is 20.0 Å². The SMILES string of the molecule is Cc1ccc(-c2nn(-c3ccc(S(N)(=O)=O)cc3)cc2/C=N\Nc2ccc(S(N)(=O)=O)cc2)cc1. The fourth-order valence-electron chi connectivity index (χ4n) is 3.23. The van der Waals surface area contributed by atoms with Crippen LogP contribution >= 0.6 is 0 Å². The van der Waals surface area contributed by atoms with Crippen molar-refractivity contribution in [2.75, 3.05) is 5.43 Å². The summed E-state index contributed by atoms with van der Waals surface area (Å²) in [6.07, 6.45) is 3.35. The Balaban J connectivity index is 1.65. The van der Waals surface area contributed by atoms with E-state index >= 15 is 0 Å². The lowest BCUT2D eigenvalue weighted by Gasteiger charge is -2.03. The van der Waals surface area contributed by atoms with Crippen molar-refractivity contribution >= 4 is 31.9 Å². The van der Waals surface area contributed by atoms with Crippen LogP contribution in [0.3, 0.4) is 0 Å². The first kappa shape index (κ1) is 24.3. The predicted octanol–water partition coefficient (Wildman–Crippen LogP) is 2.59. The Labute approximate surface area is 203 Å². The zero-order valence-electron chi connectivity index (χ0n) is 18.5. The first-order valence-electron chi connectivity index (χ1n) is 10.2. The Kier molecular flexibility index (Phi) is 6.54. The zero-order valence-corrected chi connectivity index (χ0v) is 20.2. The maximum absolute atomic E-state index is 11.5. The van der Waals surface area contributed by atoms with E-state index in [0.29, 0.717) is 22.6 Å². The number of hydrogen-bond donors (Lipinski definition) is 3. The Bertz CT molecular complexity index is 1590. The Morgan fingerprint density at radius 1 is 0.829 bits per heavy atom. The normalized spacial score (nSPS) is 12.2. The number of primary sulfonamides is 2. The molecule has 0 saturated carbocycles. The van der Waals surface area contributed by atoms with Gasteiger partial charge in [-0.3, -0.25) is 5.43 Å². The molecule has 0 fully saturated rings. The van der Waals surface area contributed by atoms with Gasteiger partial charge in [-0.1, -0.05) is 29.8 Å². The minimum atomic E-state index is -3.80. The summed E-state index contributed by atoms with van der Waals surface area (Å²) in [6, 6.07) is 19.8. The molecule has 35 heavy (non-hydrogen) atoms. The van der Waals surface area contributed by atoms with Gasteiger partial charge in [0.15, 0.2) is 0 Å². The van der Waals surface area contributed by atoms with E-state index in [1.807, 2.05) is 31.2 Å². The van der Waals surface area contributed by atoms with Crippen molar-refractivity contribution in [2.24, 2.45) is 15.4 Å². The summed E-state index contributed by atoms with van der Waals surface area (Å²) in [5, 5.41) is 19.2. The summed E-state index contributed by atoms with van der Waals surface area (Å²) in [7, 11) is -7.58. The quantitative estimate of drug-likeness (QED) is 0.256. The Hall–Kier alpha value is -3.84. The van der Waals surface area contributed by atoms with Crippen molar-refractivity contribution in [1.82, 2.24) is 9.78 Å². The van der Waals surface area contributed by atoms with Crippen LogP contribution in [0.5, 0.6) is 0 Å². The third kappa shape index (κ3) is 5.81. The fourth-order valence-corrected chi connectivity index (χ4v) is 4.26. The fraction of sp³-hybridized carbons (Fsp3) is 0.0435. The first-order valence-corrected chi connectivity index (χ1v) is 13.3. The van der Waals surface area contributed by atoms with E-state index in [1.54, 1.807) is 41.4 Å². The first-order chi connectivity index (χ1) is 16.5. The minimum absolute atomic E-state index is 0.00316. The second-order valence-corrected chi connectivity index (χ2v) is 10.8. The molecule has 0 unspecified atom stereocenters. The molecule has 1 heterocycles. The molecule has 180 valence electrons. The van der Waals surface area contributed by atoms with E-state index in [4.69, 9.17) is 10.3 Å². The molecule has 4 aromatic rings. The van der Waals surface area contributed by atoms with Gasteiger partial charge < -0.3 is 0 Å². The second-order valence-electron chi connectivity index (χ2n) is 7.72. The topological polar surface area (TPSA) is 163 Å². The third-order valence-corrected chi connectivity index (χ3v) is 6.94. The Morgan fingerprint density at radius 2 is 1.37 bits per heavy atom. The van der Waals surface area contributed by atoms with E-state index in [-0.39, 0.29) is 9.79 Å². The molecule has 0 amide bonds. The molecule has 0 radical (unpaired) electrons. The lowest BCUT2D eigenvalue weighted by molar-refractivity contribution is 0.596. The average Bonchev–Trinajstić information content (AvgIpc) is 3.23. The molecule has 4 rings (SSSR count). The Morgan fingerprint density at radius 3 is 1.91 bits per heavy atom. The summed E-state index contributed by atoms with van der Waals surface area (Å²) in [6.45, 7) is 1.99. The number of rotatable bonds is 7. The molecule has 5 N–H and O–H groups in total. The summed E-state index contributed by atoms with van der Waals surface area (Å²) < 4.78 is 47.5. The molecular weight excluding hydrogens is 488 g/mol. The summed E-state index contributed by atoms with van der Waals surface area (Å²) in [5.74, 6) is 0. The number of hydrogen-bond acceptors (Lipinski definition) is 7. The monoisotopic (exact) mass is 510 g/mol. The predicted molar refractivity (Wildman–Crippen MR) is 134 cm³/mol. The van der Waals surface area contributed by atoms with Gasteiger partial charge >= 0.3 is 0 Å². The van der Waals surface area contributed by atoms with Crippen LogP contribution in [0.2, 0.25) is 0 Å². The second kappa shape index (κ2) is 9.43. The highest BCUT2D eigenvalue weighted by molar-refractivity contribution is 7.89. The van der Waals surface area contributed by atoms with Crippen LogP contribution in [0.25, 0.3) is 16.9 Å². The van der Waals surface area contributed by atoms with Gasteiger partial charge in [0.05, 0.1) is 27.4 Å². The van der Waals surface area contributed by atoms with Crippen molar-refractivity contribution in [3.05, 3.63) is 90.1 Å². The third-order valence-electron chi connectivity index (χ3n) is 5.08. The maximum atomic E-state index is 11.5. The van der Waals surface area contributed by atoms with E-state index in [9.17, 15) is 16.8 Å². The highest BCUT2D eigenvalue weighted by Gasteiger charge is 2.13. The van der Waals surface area contributed by atoms with E-state index < -0.39 is 20.0 Å². The van der Waals surface area contributed by atoms with Gasteiger partial charge in [-0.05, 0) is 55.5 Å². The van der Waals surface area contributed by atoms with Gasteiger partial charge in [0.25, 0.3) is 0 Å². The number of aromatic nitrogens is 2. The molecule has 0 aliphatic rings. The number of sulfonamides is 2. The van der Waals surface area contributed by atoms with Crippen molar-refractivity contribution < 1.29 is 16.8 Å². The molecule has 3 aromatic carbocycles. The molecule has 1 aromatic heterocycles. The van der Waals surface area contributed by atoms with Gasteiger partial charge in [0, 0.05) is 17.3 Å². The van der Waals surface area contributed by atoms with Crippen molar-refractivity contribution in [3.8, 4) is 16.9 Å². The van der Waals surface area contributed by atoms with Gasteiger partial charge in [-0.25, -0.2) is 31.8 Å². The molecule has 0 spiro atoms. The van der Waals surface area contributed by atoms with Crippen LogP contribution in [0, 0.1) is 6.92 Å². The smallest absolute Gasteiger partial charge is 0.238 e. The summed E-state index contributed by atoms with van der Waals surface area (Å²) in [5.41, 5.74) is 7.38. The van der Waals surface area contributed by atoms with Gasteiger partial charge in [-0.2, -0.15) is 10.2 Å². The summed E-state index contributed by atoms with van der Waals surface area (Å²) in [4.78, 5) is 0.00928. The molecule has 0 atom stereocenters. The highest BCUT2D eigenvalue weighted by atomic mass is 32.2. The van der Waals surface area contributed by atoms with Crippen molar-refractivity contribution in [2.45, 2.75) is 16.7 Å². The molecule has 12 heteroatoms. The van der Waals surface area contributed by atoms with E-state index in [2.05, 4.69) is 15.6 Å². The van der Waals surface area contributed by atoms with Crippen molar-refractivity contribution in [3.63, 3.8) is 0 Å². The van der Waals surface area contributed by atoms with Crippen LogP contribution in [-0.4, -0.2) is 32.8 Å². The number of nitrogens with two attached hydrogens (primary N) is 2. The van der Waals surface area contributed by atoms with E-state index in [1.165, 1.54) is 24.3 Å². The van der Waals surface area contributed by atoms with Crippen LogP contribution in [-0.2, 0) is 20.0 Å². The maximum Gasteiger partial charge on any atom is 0.238 e. The number of aryl methyl sites for hydroxylation is 1. The van der Waals surface area contributed by atoms with Crippen molar-refractivity contribution in [1.29, 1.82) is 0 Å². The van der Waals surface area contributed by atoms with Crippen LogP contribution < -0.4 is 15.7 Å². The van der Waals surface area contributed by atoms with Crippen LogP contribution in [0.1, 0.15) is 11.1 Å². The zero-order chi connectivity index (χ0) is 25.2.